The molecule has 5 heteroatoms. The van der Waals surface area contributed by atoms with E-state index in [1.54, 1.807) is 0 Å². The zero-order valence-electron chi connectivity index (χ0n) is 10.2. The van der Waals surface area contributed by atoms with E-state index in [1.165, 1.54) is 25.7 Å². The average molecular weight is 280 g/mol. The lowest BCUT2D eigenvalue weighted by atomic mass is 9.99. The fraction of sp³-hybridized carbons (Fsp3) is 1.00. The van der Waals surface area contributed by atoms with Gasteiger partial charge in [-0.05, 0) is 56.3 Å². The number of hydrogen-bond donors (Lipinski definition) is 1. The molecular formula is C12H22ClNO2S. The minimum atomic E-state index is -3.07. The van der Waals surface area contributed by atoms with Crippen molar-refractivity contribution in [2.45, 2.75) is 38.5 Å². The van der Waals surface area contributed by atoms with Crippen molar-refractivity contribution in [3.8, 4) is 0 Å². The summed E-state index contributed by atoms with van der Waals surface area (Å²) >= 11 is 5.54. The first kappa shape index (κ1) is 13.6. The highest BCUT2D eigenvalue weighted by atomic mass is 35.5. The second-order valence-electron chi connectivity index (χ2n) is 5.40. The summed E-state index contributed by atoms with van der Waals surface area (Å²) in [7, 11) is -3.07. The summed E-state index contributed by atoms with van der Waals surface area (Å²) in [6.07, 6.45) is 6.64. The maximum absolute atomic E-state index is 11.7. The van der Waals surface area contributed by atoms with Gasteiger partial charge in [0.15, 0.2) is 0 Å². The number of sulfonamides is 1. The number of alkyl halides is 1. The highest BCUT2D eigenvalue weighted by molar-refractivity contribution is 7.89. The van der Waals surface area contributed by atoms with Crippen LogP contribution in [0, 0.1) is 17.8 Å². The molecule has 2 fully saturated rings. The average Bonchev–Trinajstić information content (AvgIpc) is 3.13. The summed E-state index contributed by atoms with van der Waals surface area (Å²) in [5, 5.41) is 0. The topological polar surface area (TPSA) is 46.2 Å². The lowest BCUT2D eigenvalue weighted by Crippen LogP contribution is -2.32. The molecule has 0 spiro atoms. The molecule has 0 bridgehead atoms. The summed E-state index contributed by atoms with van der Waals surface area (Å²) in [5.74, 6) is 2.98. The summed E-state index contributed by atoms with van der Waals surface area (Å²) < 4.78 is 26.3. The van der Waals surface area contributed by atoms with Crippen LogP contribution in [0.1, 0.15) is 38.5 Å². The molecule has 1 N–H and O–H groups in total. The highest BCUT2D eigenvalue weighted by Gasteiger charge is 2.41. The van der Waals surface area contributed by atoms with Gasteiger partial charge >= 0.3 is 0 Å². The molecule has 0 amide bonds. The predicted octanol–water partition coefficient (Wildman–Crippen LogP) is 2.36. The number of unbranched alkanes of at least 4 members (excludes halogenated alkanes) is 1. The van der Waals surface area contributed by atoms with Crippen LogP contribution >= 0.6 is 11.6 Å². The van der Waals surface area contributed by atoms with E-state index < -0.39 is 10.0 Å². The molecule has 0 aromatic heterocycles. The fourth-order valence-electron chi connectivity index (χ4n) is 2.45. The van der Waals surface area contributed by atoms with Crippen molar-refractivity contribution in [3.63, 3.8) is 0 Å². The zero-order chi connectivity index (χ0) is 12.3. The first-order valence-corrected chi connectivity index (χ1v) is 8.84. The molecule has 0 aliphatic heterocycles. The third kappa shape index (κ3) is 4.76. The summed E-state index contributed by atoms with van der Waals surface area (Å²) in [5.41, 5.74) is 0. The van der Waals surface area contributed by atoms with Crippen molar-refractivity contribution in [1.29, 1.82) is 0 Å². The molecule has 2 saturated carbocycles. The molecule has 2 aliphatic carbocycles. The molecule has 2 aliphatic rings. The monoisotopic (exact) mass is 279 g/mol. The number of hydrogen-bond acceptors (Lipinski definition) is 2. The van der Waals surface area contributed by atoms with Crippen LogP contribution in [-0.2, 0) is 10.0 Å². The smallest absolute Gasteiger partial charge is 0.211 e. The van der Waals surface area contributed by atoms with Gasteiger partial charge in [-0.15, -0.1) is 11.6 Å². The van der Waals surface area contributed by atoms with Crippen LogP contribution in [0.25, 0.3) is 0 Å². The lowest BCUT2D eigenvalue weighted by molar-refractivity contribution is 0.401. The minimum absolute atomic E-state index is 0.224. The van der Waals surface area contributed by atoms with Crippen molar-refractivity contribution in [2.24, 2.45) is 17.8 Å². The molecular weight excluding hydrogens is 258 g/mol. The van der Waals surface area contributed by atoms with E-state index in [2.05, 4.69) is 4.72 Å². The lowest BCUT2D eigenvalue weighted by Gasteiger charge is -2.16. The van der Waals surface area contributed by atoms with Crippen LogP contribution in [0.5, 0.6) is 0 Å². The first-order chi connectivity index (χ1) is 8.12. The Hall–Kier alpha value is 0.200. The first-order valence-electron chi connectivity index (χ1n) is 6.65. The predicted molar refractivity (Wildman–Crippen MR) is 70.7 cm³/mol. The van der Waals surface area contributed by atoms with E-state index in [0.29, 0.717) is 24.8 Å². The van der Waals surface area contributed by atoms with Gasteiger partial charge in [0.25, 0.3) is 0 Å². The number of rotatable bonds is 9. The molecule has 0 atom stereocenters. The van der Waals surface area contributed by atoms with Gasteiger partial charge in [-0.2, -0.15) is 0 Å². The Balaban J connectivity index is 1.71. The van der Waals surface area contributed by atoms with Gasteiger partial charge in [0, 0.05) is 12.4 Å². The Morgan fingerprint density at radius 3 is 2.18 bits per heavy atom. The molecule has 0 unspecified atom stereocenters. The van der Waals surface area contributed by atoms with Gasteiger partial charge in [-0.25, -0.2) is 13.1 Å². The van der Waals surface area contributed by atoms with Crippen LogP contribution in [-0.4, -0.2) is 26.6 Å². The van der Waals surface area contributed by atoms with Crippen LogP contribution < -0.4 is 4.72 Å². The molecule has 0 radical (unpaired) electrons. The van der Waals surface area contributed by atoms with Crippen molar-refractivity contribution >= 4 is 21.6 Å². The maximum atomic E-state index is 11.7. The Labute approximate surface area is 109 Å². The van der Waals surface area contributed by atoms with E-state index in [-0.39, 0.29) is 5.75 Å². The summed E-state index contributed by atoms with van der Waals surface area (Å²) in [6.45, 7) is 0.665. The molecule has 0 saturated heterocycles. The van der Waals surface area contributed by atoms with Gasteiger partial charge in [-0.1, -0.05) is 0 Å². The van der Waals surface area contributed by atoms with Gasteiger partial charge in [0.2, 0.25) is 10.0 Å². The molecule has 100 valence electrons. The number of nitrogens with one attached hydrogen (secondary N) is 1. The van der Waals surface area contributed by atoms with Crippen molar-refractivity contribution in [1.82, 2.24) is 4.72 Å². The molecule has 2 rings (SSSR count). The van der Waals surface area contributed by atoms with E-state index in [1.807, 2.05) is 0 Å². The Morgan fingerprint density at radius 1 is 1.12 bits per heavy atom. The molecule has 3 nitrogen and oxygen atoms in total. The fourth-order valence-corrected chi connectivity index (χ4v) is 3.81. The largest absolute Gasteiger partial charge is 0.215 e. The van der Waals surface area contributed by atoms with Gasteiger partial charge in [-0.3, -0.25) is 0 Å². The molecule has 17 heavy (non-hydrogen) atoms. The molecule has 0 aromatic carbocycles. The van der Waals surface area contributed by atoms with Crippen LogP contribution in [0.2, 0.25) is 0 Å². The van der Waals surface area contributed by atoms with Crippen LogP contribution in [0.4, 0.5) is 0 Å². The van der Waals surface area contributed by atoms with Crippen molar-refractivity contribution < 1.29 is 8.42 Å². The summed E-state index contributed by atoms with van der Waals surface area (Å²) in [4.78, 5) is 0. The van der Waals surface area contributed by atoms with Gasteiger partial charge < -0.3 is 0 Å². The minimum Gasteiger partial charge on any atom is -0.215 e. The Bertz CT molecular complexity index is 324. The van der Waals surface area contributed by atoms with Crippen LogP contribution in [0.3, 0.4) is 0 Å². The Morgan fingerprint density at radius 2 is 1.71 bits per heavy atom. The van der Waals surface area contributed by atoms with E-state index >= 15 is 0 Å². The second-order valence-corrected chi connectivity index (χ2v) is 7.71. The SMILES string of the molecule is O=S(=O)(CCCCCl)NCC(C1CC1)C1CC1. The van der Waals surface area contributed by atoms with Crippen molar-refractivity contribution in [3.05, 3.63) is 0 Å². The quantitative estimate of drug-likeness (QED) is 0.520. The highest BCUT2D eigenvalue weighted by Crippen LogP contribution is 2.48. The van der Waals surface area contributed by atoms with Crippen LogP contribution in [0.15, 0.2) is 0 Å². The molecule has 0 aromatic rings. The standard InChI is InChI=1S/C12H22ClNO2S/c13-7-1-2-8-17(15,16)14-9-12(10-3-4-10)11-5-6-11/h10-12,14H,1-9H2. The van der Waals surface area contributed by atoms with Gasteiger partial charge in [0.1, 0.15) is 0 Å². The van der Waals surface area contributed by atoms with E-state index in [9.17, 15) is 8.42 Å². The van der Waals surface area contributed by atoms with E-state index in [0.717, 1.165) is 18.3 Å². The third-order valence-electron chi connectivity index (χ3n) is 3.79. The normalized spacial score (nSPS) is 21.1. The summed E-state index contributed by atoms with van der Waals surface area (Å²) in [6, 6.07) is 0. The zero-order valence-corrected chi connectivity index (χ0v) is 11.8. The Kier molecular flexibility index (Phi) is 4.72. The third-order valence-corrected chi connectivity index (χ3v) is 5.49. The maximum Gasteiger partial charge on any atom is 0.211 e. The van der Waals surface area contributed by atoms with Crippen molar-refractivity contribution in [2.75, 3.05) is 18.2 Å². The number of halogens is 1. The second kappa shape index (κ2) is 5.89. The molecule has 0 heterocycles. The van der Waals surface area contributed by atoms with E-state index in [4.69, 9.17) is 11.6 Å². The van der Waals surface area contributed by atoms with Gasteiger partial charge in [0.05, 0.1) is 5.75 Å².